The van der Waals surface area contributed by atoms with Crippen LogP contribution in [0.3, 0.4) is 0 Å². The Balaban J connectivity index is 1.52. The fourth-order valence-corrected chi connectivity index (χ4v) is 4.98. The molecule has 1 atom stereocenters. The fourth-order valence-electron chi connectivity index (χ4n) is 3.51. The highest BCUT2D eigenvalue weighted by molar-refractivity contribution is 7.89. The summed E-state index contributed by atoms with van der Waals surface area (Å²) in [5.74, 6) is 0.0330. The number of sulfonamides is 1. The maximum atomic E-state index is 12.8. The van der Waals surface area contributed by atoms with Crippen molar-refractivity contribution in [3.8, 4) is 6.07 Å². The maximum absolute atomic E-state index is 12.8. The quantitative estimate of drug-likeness (QED) is 0.791. The first-order valence-corrected chi connectivity index (χ1v) is 11.2. The van der Waals surface area contributed by atoms with Crippen molar-refractivity contribution in [3.63, 3.8) is 0 Å². The minimum atomic E-state index is -3.61. The number of carbonyl (C=O) groups is 1. The number of hydrogen-bond acceptors (Lipinski definition) is 4. The van der Waals surface area contributed by atoms with Crippen LogP contribution >= 0.6 is 0 Å². The van der Waals surface area contributed by atoms with E-state index in [1.165, 1.54) is 34.1 Å². The van der Waals surface area contributed by atoms with Gasteiger partial charge in [0.15, 0.2) is 0 Å². The zero-order valence-electron chi connectivity index (χ0n) is 16.4. The van der Waals surface area contributed by atoms with Crippen molar-refractivity contribution in [3.05, 3.63) is 65.7 Å². The first kappa shape index (κ1) is 21.0. The van der Waals surface area contributed by atoms with Crippen molar-refractivity contribution in [2.75, 3.05) is 19.6 Å². The molecule has 1 heterocycles. The number of rotatable bonds is 6. The van der Waals surface area contributed by atoms with E-state index in [1.807, 2.05) is 36.4 Å². The number of piperidine rings is 1. The Labute approximate surface area is 172 Å². The predicted molar refractivity (Wildman–Crippen MR) is 111 cm³/mol. The molecule has 0 aliphatic carbocycles. The Hall–Kier alpha value is -2.69. The summed E-state index contributed by atoms with van der Waals surface area (Å²) in [5, 5.41) is 11.9. The third kappa shape index (κ3) is 5.03. The summed E-state index contributed by atoms with van der Waals surface area (Å²) in [6.45, 7) is 3.26. The van der Waals surface area contributed by atoms with Crippen molar-refractivity contribution >= 4 is 15.9 Å². The summed E-state index contributed by atoms with van der Waals surface area (Å²) in [5.41, 5.74) is 1.60. The normalized spacial score (nSPS) is 16.7. The van der Waals surface area contributed by atoms with E-state index in [-0.39, 0.29) is 22.6 Å². The molecule has 7 heteroatoms. The second-order valence-corrected chi connectivity index (χ2v) is 9.31. The molecular formula is C22H25N3O3S. The number of amides is 1. The van der Waals surface area contributed by atoms with E-state index in [0.717, 1.165) is 0 Å². The zero-order valence-corrected chi connectivity index (χ0v) is 17.2. The average molecular weight is 412 g/mol. The van der Waals surface area contributed by atoms with Gasteiger partial charge >= 0.3 is 0 Å². The van der Waals surface area contributed by atoms with Crippen LogP contribution in [0.1, 0.15) is 36.8 Å². The average Bonchev–Trinajstić information content (AvgIpc) is 2.78. The molecule has 0 saturated carbocycles. The summed E-state index contributed by atoms with van der Waals surface area (Å²) in [6, 6.07) is 17.9. The van der Waals surface area contributed by atoms with Crippen LogP contribution < -0.4 is 5.32 Å². The first-order chi connectivity index (χ1) is 13.9. The van der Waals surface area contributed by atoms with Gasteiger partial charge in [0.05, 0.1) is 16.5 Å². The van der Waals surface area contributed by atoms with E-state index < -0.39 is 10.0 Å². The molecule has 0 spiro atoms. The first-order valence-electron chi connectivity index (χ1n) is 9.75. The van der Waals surface area contributed by atoms with Crippen LogP contribution in [0.2, 0.25) is 0 Å². The van der Waals surface area contributed by atoms with Gasteiger partial charge in [0.2, 0.25) is 15.9 Å². The van der Waals surface area contributed by atoms with E-state index in [0.29, 0.717) is 38.0 Å². The molecule has 1 amide bonds. The number of nitrogens with one attached hydrogen (secondary N) is 1. The fraction of sp³-hybridized carbons (Fsp3) is 0.364. The van der Waals surface area contributed by atoms with Gasteiger partial charge in [-0.15, -0.1) is 0 Å². The van der Waals surface area contributed by atoms with Crippen molar-refractivity contribution in [1.82, 2.24) is 9.62 Å². The Bertz CT molecular complexity index is 974. The summed E-state index contributed by atoms with van der Waals surface area (Å²) in [7, 11) is -3.61. The molecule has 1 saturated heterocycles. The Kier molecular flexibility index (Phi) is 6.68. The van der Waals surface area contributed by atoms with Crippen molar-refractivity contribution in [2.45, 2.75) is 30.6 Å². The van der Waals surface area contributed by atoms with Crippen molar-refractivity contribution in [1.29, 1.82) is 5.26 Å². The molecule has 0 aromatic heterocycles. The highest BCUT2D eigenvalue weighted by Crippen LogP contribution is 2.24. The molecule has 0 radical (unpaired) electrons. The molecule has 2 aromatic carbocycles. The molecule has 29 heavy (non-hydrogen) atoms. The smallest absolute Gasteiger partial charge is 0.243 e. The van der Waals surface area contributed by atoms with Crippen LogP contribution in [0.25, 0.3) is 0 Å². The lowest BCUT2D eigenvalue weighted by Crippen LogP contribution is -2.43. The zero-order chi connectivity index (χ0) is 20.9. The van der Waals surface area contributed by atoms with Gasteiger partial charge in [0.1, 0.15) is 0 Å². The maximum Gasteiger partial charge on any atom is 0.243 e. The SMILES string of the molecule is C[C@@H](CNC(=O)C1CCN(S(=O)(=O)c2ccc(C#N)cc2)CC1)c1ccccc1. The van der Waals surface area contributed by atoms with Crippen LogP contribution in [0.4, 0.5) is 0 Å². The standard InChI is InChI=1S/C22H25N3O3S/c1-17(19-5-3-2-4-6-19)16-24-22(26)20-11-13-25(14-12-20)29(27,28)21-9-7-18(15-23)8-10-21/h2-10,17,20H,11-14,16H2,1H3,(H,24,26)/t17-/m0/s1. The topological polar surface area (TPSA) is 90.3 Å². The summed E-state index contributed by atoms with van der Waals surface area (Å²) in [6.07, 6.45) is 1.00. The van der Waals surface area contributed by atoms with Crippen molar-refractivity contribution in [2.24, 2.45) is 5.92 Å². The van der Waals surface area contributed by atoms with Gasteiger partial charge in [-0.3, -0.25) is 4.79 Å². The van der Waals surface area contributed by atoms with Crippen LogP contribution in [0.5, 0.6) is 0 Å². The minimum absolute atomic E-state index is 0.0109. The van der Waals surface area contributed by atoms with E-state index in [1.54, 1.807) is 0 Å². The summed E-state index contributed by atoms with van der Waals surface area (Å²) in [4.78, 5) is 12.7. The van der Waals surface area contributed by atoms with Gasteiger partial charge in [-0.25, -0.2) is 8.42 Å². The molecule has 1 N–H and O–H groups in total. The van der Waals surface area contributed by atoms with Gasteiger partial charge in [-0.1, -0.05) is 37.3 Å². The minimum Gasteiger partial charge on any atom is -0.355 e. The number of nitrogens with zero attached hydrogens (tertiary/aromatic N) is 2. The highest BCUT2D eigenvalue weighted by atomic mass is 32.2. The molecule has 1 aliphatic heterocycles. The van der Waals surface area contributed by atoms with Gasteiger partial charge in [-0.2, -0.15) is 9.57 Å². The van der Waals surface area contributed by atoms with E-state index >= 15 is 0 Å². The third-order valence-electron chi connectivity index (χ3n) is 5.40. The Morgan fingerprint density at radius 2 is 1.76 bits per heavy atom. The van der Waals surface area contributed by atoms with Gasteiger partial charge < -0.3 is 5.32 Å². The predicted octanol–water partition coefficient (Wildman–Crippen LogP) is 2.88. The third-order valence-corrected chi connectivity index (χ3v) is 7.31. The molecular weight excluding hydrogens is 386 g/mol. The second kappa shape index (κ2) is 9.21. The van der Waals surface area contributed by atoms with Crippen molar-refractivity contribution < 1.29 is 13.2 Å². The highest BCUT2D eigenvalue weighted by Gasteiger charge is 2.32. The molecule has 0 unspecified atom stereocenters. The Morgan fingerprint density at radius 3 is 2.34 bits per heavy atom. The van der Waals surface area contributed by atoms with Gasteiger partial charge in [0, 0.05) is 25.6 Å². The molecule has 1 fully saturated rings. The van der Waals surface area contributed by atoms with E-state index in [4.69, 9.17) is 5.26 Å². The largest absolute Gasteiger partial charge is 0.355 e. The second-order valence-electron chi connectivity index (χ2n) is 7.37. The molecule has 6 nitrogen and oxygen atoms in total. The van der Waals surface area contributed by atoms with Gasteiger partial charge in [0.25, 0.3) is 0 Å². The monoisotopic (exact) mass is 411 g/mol. The Morgan fingerprint density at radius 1 is 1.14 bits per heavy atom. The van der Waals surface area contributed by atoms with Gasteiger partial charge in [-0.05, 0) is 48.6 Å². The number of nitriles is 1. The summed E-state index contributed by atoms with van der Waals surface area (Å²) >= 11 is 0. The van der Waals surface area contributed by atoms with Crippen LogP contribution in [0.15, 0.2) is 59.5 Å². The molecule has 1 aliphatic rings. The molecule has 3 rings (SSSR count). The number of carbonyl (C=O) groups excluding carboxylic acids is 1. The van der Waals surface area contributed by atoms with Crippen LogP contribution in [-0.4, -0.2) is 38.3 Å². The molecule has 0 bridgehead atoms. The number of benzene rings is 2. The van der Waals surface area contributed by atoms with E-state index in [2.05, 4.69) is 12.2 Å². The van der Waals surface area contributed by atoms with Crippen LogP contribution in [-0.2, 0) is 14.8 Å². The molecule has 2 aromatic rings. The van der Waals surface area contributed by atoms with Crippen LogP contribution in [0, 0.1) is 17.2 Å². The lowest BCUT2D eigenvalue weighted by atomic mass is 9.96. The molecule has 152 valence electrons. The van der Waals surface area contributed by atoms with E-state index in [9.17, 15) is 13.2 Å². The lowest BCUT2D eigenvalue weighted by molar-refractivity contribution is -0.126. The number of hydrogen-bond donors (Lipinski definition) is 1. The summed E-state index contributed by atoms with van der Waals surface area (Å²) < 4.78 is 27.0. The lowest BCUT2D eigenvalue weighted by Gasteiger charge is -2.30.